The molecule has 2 aromatic heterocycles. The van der Waals surface area contributed by atoms with Crippen molar-refractivity contribution in [2.75, 3.05) is 0 Å². The van der Waals surface area contributed by atoms with Crippen molar-refractivity contribution in [2.24, 2.45) is 0 Å². The first-order valence-corrected chi connectivity index (χ1v) is 5.76. The van der Waals surface area contributed by atoms with E-state index in [4.69, 9.17) is 11.6 Å². The molecule has 94 valence electrons. The average Bonchev–Trinajstić information content (AvgIpc) is 2.82. The van der Waals surface area contributed by atoms with Crippen LogP contribution < -0.4 is 0 Å². The van der Waals surface area contributed by atoms with Crippen molar-refractivity contribution >= 4 is 22.9 Å². The van der Waals surface area contributed by atoms with Gasteiger partial charge < -0.3 is 4.40 Å². The Kier molecular flexibility index (Phi) is 2.64. The molecule has 0 atom stereocenters. The molecular weight excluding hydrogens is 268 g/mol. The van der Waals surface area contributed by atoms with Gasteiger partial charge in [0.15, 0.2) is 5.65 Å². The number of nitro benzene ring substituents is 1. The smallest absolute Gasteiger partial charge is 0.288 e. The summed E-state index contributed by atoms with van der Waals surface area (Å²) < 4.78 is 1.79. The predicted molar refractivity (Wildman–Crippen MR) is 70.1 cm³/mol. The van der Waals surface area contributed by atoms with Crippen molar-refractivity contribution in [1.29, 1.82) is 0 Å². The maximum atomic E-state index is 10.9. The lowest BCUT2D eigenvalue weighted by Gasteiger charge is -1.98. The maximum absolute atomic E-state index is 10.9. The quantitative estimate of drug-likeness (QED) is 0.532. The first-order chi connectivity index (χ1) is 9.15. The zero-order valence-electron chi connectivity index (χ0n) is 9.52. The Hall–Kier alpha value is -2.47. The topological polar surface area (TPSA) is 73.3 Å². The third kappa shape index (κ3) is 2.02. The maximum Gasteiger partial charge on any atom is 0.288 e. The van der Waals surface area contributed by atoms with Crippen molar-refractivity contribution in [3.05, 3.63) is 58.1 Å². The molecule has 3 rings (SSSR count). The third-order valence-electron chi connectivity index (χ3n) is 2.70. The number of imidazole rings is 1. The Morgan fingerprint density at radius 2 is 2.21 bits per heavy atom. The van der Waals surface area contributed by atoms with Gasteiger partial charge in [0.1, 0.15) is 5.02 Å². The molecule has 0 radical (unpaired) electrons. The van der Waals surface area contributed by atoms with Gasteiger partial charge >= 0.3 is 0 Å². The fourth-order valence-electron chi connectivity index (χ4n) is 1.79. The molecule has 0 saturated carbocycles. The van der Waals surface area contributed by atoms with Gasteiger partial charge in [-0.25, -0.2) is 4.98 Å². The van der Waals surface area contributed by atoms with Crippen molar-refractivity contribution in [2.45, 2.75) is 0 Å². The van der Waals surface area contributed by atoms with E-state index >= 15 is 0 Å². The van der Waals surface area contributed by atoms with Gasteiger partial charge in [-0.15, -0.1) is 0 Å². The normalized spacial score (nSPS) is 10.8. The van der Waals surface area contributed by atoms with Crippen LogP contribution >= 0.6 is 11.6 Å². The molecule has 3 aromatic rings. The Morgan fingerprint density at radius 1 is 1.37 bits per heavy atom. The first kappa shape index (κ1) is 11.6. The standard InChI is InChI=1S/C12H7ClN4O2/c13-9-2-1-8(5-11(9)17(18)19)10-7-16-4-3-14-6-12(16)15-10/h1-7H. The minimum absolute atomic E-state index is 0.110. The second-order valence-electron chi connectivity index (χ2n) is 3.89. The van der Waals surface area contributed by atoms with Crippen LogP contribution in [0.3, 0.4) is 0 Å². The predicted octanol–water partition coefficient (Wildman–Crippen LogP) is 2.96. The first-order valence-electron chi connectivity index (χ1n) is 5.38. The second kappa shape index (κ2) is 4.33. The van der Waals surface area contributed by atoms with Crippen LogP contribution in [0.2, 0.25) is 5.02 Å². The van der Waals surface area contributed by atoms with Crippen LogP contribution in [0.1, 0.15) is 0 Å². The minimum atomic E-state index is -0.511. The van der Waals surface area contributed by atoms with Crippen molar-refractivity contribution in [1.82, 2.24) is 14.4 Å². The Balaban J connectivity index is 2.16. The molecule has 0 aliphatic carbocycles. The van der Waals surface area contributed by atoms with Gasteiger partial charge in [0.2, 0.25) is 0 Å². The van der Waals surface area contributed by atoms with Gasteiger partial charge in [-0.3, -0.25) is 15.1 Å². The SMILES string of the molecule is O=[N+]([O-])c1cc(-c2cn3ccncc3n2)ccc1Cl. The van der Waals surface area contributed by atoms with E-state index < -0.39 is 4.92 Å². The van der Waals surface area contributed by atoms with Crippen LogP contribution in [-0.2, 0) is 0 Å². The van der Waals surface area contributed by atoms with Crippen LogP contribution in [0.15, 0.2) is 43.0 Å². The van der Waals surface area contributed by atoms with Crippen LogP contribution in [-0.4, -0.2) is 19.3 Å². The van der Waals surface area contributed by atoms with E-state index in [9.17, 15) is 10.1 Å². The number of rotatable bonds is 2. The molecule has 6 nitrogen and oxygen atoms in total. The summed E-state index contributed by atoms with van der Waals surface area (Å²) in [4.78, 5) is 18.7. The van der Waals surface area contributed by atoms with Crippen molar-refractivity contribution in [3.63, 3.8) is 0 Å². The van der Waals surface area contributed by atoms with Gasteiger partial charge in [0.25, 0.3) is 5.69 Å². The summed E-state index contributed by atoms with van der Waals surface area (Å²) in [5.74, 6) is 0. The monoisotopic (exact) mass is 274 g/mol. The highest BCUT2D eigenvalue weighted by Crippen LogP contribution is 2.29. The zero-order valence-corrected chi connectivity index (χ0v) is 10.3. The molecule has 19 heavy (non-hydrogen) atoms. The third-order valence-corrected chi connectivity index (χ3v) is 3.02. The van der Waals surface area contributed by atoms with Gasteiger partial charge in [-0.1, -0.05) is 17.7 Å². The summed E-state index contributed by atoms with van der Waals surface area (Å²) in [6.07, 6.45) is 6.80. The summed E-state index contributed by atoms with van der Waals surface area (Å²) in [6.45, 7) is 0. The molecule has 1 aromatic carbocycles. The van der Waals surface area contributed by atoms with Crippen LogP contribution in [0.5, 0.6) is 0 Å². The van der Waals surface area contributed by atoms with Crippen molar-refractivity contribution < 1.29 is 4.92 Å². The molecule has 0 fully saturated rings. The lowest BCUT2D eigenvalue weighted by Crippen LogP contribution is -1.89. The van der Waals surface area contributed by atoms with Crippen molar-refractivity contribution in [3.8, 4) is 11.3 Å². The molecule has 0 bridgehead atoms. The highest BCUT2D eigenvalue weighted by Gasteiger charge is 2.14. The number of aromatic nitrogens is 3. The van der Waals surface area contributed by atoms with Crippen LogP contribution in [0, 0.1) is 10.1 Å². The fourth-order valence-corrected chi connectivity index (χ4v) is 1.98. The number of fused-ring (bicyclic) bond motifs is 1. The lowest BCUT2D eigenvalue weighted by molar-refractivity contribution is -0.384. The number of nitro groups is 1. The number of hydrogen-bond donors (Lipinski definition) is 0. The largest absolute Gasteiger partial charge is 0.304 e. The van der Waals surface area contributed by atoms with E-state index in [1.165, 1.54) is 12.1 Å². The number of benzene rings is 1. The van der Waals surface area contributed by atoms with E-state index in [0.29, 0.717) is 16.9 Å². The molecule has 0 aliphatic heterocycles. The molecule has 0 aliphatic rings. The molecule has 0 saturated heterocycles. The minimum Gasteiger partial charge on any atom is -0.304 e. The van der Waals surface area contributed by atoms with E-state index in [1.54, 1.807) is 35.3 Å². The molecule has 7 heteroatoms. The Bertz CT molecular complexity index is 751. The summed E-state index contributed by atoms with van der Waals surface area (Å²) in [7, 11) is 0. The second-order valence-corrected chi connectivity index (χ2v) is 4.30. The van der Waals surface area contributed by atoms with Gasteiger partial charge in [-0.2, -0.15) is 0 Å². The van der Waals surface area contributed by atoms with Crippen LogP contribution in [0.25, 0.3) is 16.9 Å². The van der Waals surface area contributed by atoms with E-state index in [2.05, 4.69) is 9.97 Å². The highest BCUT2D eigenvalue weighted by molar-refractivity contribution is 6.32. The van der Waals surface area contributed by atoms with Crippen LogP contribution in [0.4, 0.5) is 5.69 Å². The lowest BCUT2D eigenvalue weighted by atomic mass is 10.1. The summed E-state index contributed by atoms with van der Waals surface area (Å²) in [5, 5.41) is 11.0. The Morgan fingerprint density at radius 3 is 2.95 bits per heavy atom. The summed E-state index contributed by atoms with van der Waals surface area (Å²) in [6, 6.07) is 4.61. The molecule has 0 N–H and O–H groups in total. The molecule has 0 unspecified atom stereocenters. The van der Waals surface area contributed by atoms with E-state index in [1.807, 2.05) is 0 Å². The van der Waals surface area contributed by atoms with Gasteiger partial charge in [-0.05, 0) is 6.07 Å². The fraction of sp³-hybridized carbons (Fsp3) is 0. The number of nitrogens with zero attached hydrogens (tertiary/aromatic N) is 4. The van der Waals surface area contributed by atoms with E-state index in [-0.39, 0.29) is 10.7 Å². The molecule has 0 spiro atoms. The Labute approximate surface area is 112 Å². The van der Waals surface area contributed by atoms with Gasteiger partial charge in [0.05, 0.1) is 16.8 Å². The summed E-state index contributed by atoms with van der Waals surface area (Å²) >= 11 is 5.78. The van der Waals surface area contributed by atoms with Gasteiger partial charge in [0, 0.05) is 30.2 Å². The molecule has 0 amide bonds. The average molecular weight is 275 g/mol. The highest BCUT2D eigenvalue weighted by atomic mass is 35.5. The molecular formula is C12H7ClN4O2. The zero-order chi connectivity index (χ0) is 13.4. The number of hydrogen-bond acceptors (Lipinski definition) is 4. The summed E-state index contributed by atoms with van der Waals surface area (Å²) in [5.41, 5.74) is 1.82. The van der Waals surface area contributed by atoms with E-state index in [0.717, 1.165) is 0 Å². The number of halogens is 1. The molecule has 2 heterocycles.